The zero-order valence-electron chi connectivity index (χ0n) is 13.0. The molecule has 0 saturated carbocycles. The van der Waals surface area contributed by atoms with Crippen molar-refractivity contribution in [3.8, 4) is 6.07 Å². The van der Waals surface area contributed by atoms with Gasteiger partial charge >= 0.3 is 0 Å². The minimum atomic E-state index is 0.369. The Kier molecular flexibility index (Phi) is 5.98. The molecule has 112 valence electrons. The summed E-state index contributed by atoms with van der Waals surface area (Å²) in [5.41, 5.74) is 3.30. The first kappa shape index (κ1) is 15.8. The first-order valence-electron chi connectivity index (χ1n) is 7.64. The molecule has 21 heavy (non-hydrogen) atoms. The van der Waals surface area contributed by atoms with Gasteiger partial charge in [0.1, 0.15) is 0 Å². The van der Waals surface area contributed by atoms with Gasteiger partial charge in [-0.2, -0.15) is 5.26 Å². The molecule has 0 N–H and O–H groups in total. The first-order valence-corrected chi connectivity index (χ1v) is 7.64. The van der Waals surface area contributed by atoms with Crippen LogP contribution in [0.25, 0.3) is 0 Å². The van der Waals surface area contributed by atoms with Crippen LogP contribution in [0.4, 0.5) is 0 Å². The van der Waals surface area contributed by atoms with Gasteiger partial charge in [0.05, 0.1) is 17.7 Å². The summed E-state index contributed by atoms with van der Waals surface area (Å²) in [4.78, 5) is 2.42. The van der Waals surface area contributed by atoms with Gasteiger partial charge < -0.3 is 4.74 Å². The maximum atomic E-state index is 8.86. The Hall–Kier alpha value is -1.63. The highest BCUT2D eigenvalue weighted by Gasteiger charge is 2.18. The smallest absolute Gasteiger partial charge is 0.0991 e. The third kappa shape index (κ3) is 5.34. The van der Waals surface area contributed by atoms with Gasteiger partial charge in [0.15, 0.2) is 0 Å². The fraction of sp³-hybridized carbons (Fsp3) is 0.500. The highest BCUT2D eigenvalue weighted by Crippen LogP contribution is 2.15. The summed E-state index contributed by atoms with van der Waals surface area (Å²) in [5, 5.41) is 8.86. The van der Waals surface area contributed by atoms with E-state index in [2.05, 4.69) is 30.9 Å². The lowest BCUT2D eigenvalue weighted by Gasteiger charge is -2.24. The van der Waals surface area contributed by atoms with Crippen molar-refractivity contribution in [2.75, 3.05) is 19.7 Å². The molecule has 1 aromatic rings. The number of benzene rings is 1. The van der Waals surface area contributed by atoms with Gasteiger partial charge in [0, 0.05) is 26.2 Å². The first-order chi connectivity index (χ1) is 10.2. The number of rotatable bonds is 6. The second kappa shape index (κ2) is 7.97. The van der Waals surface area contributed by atoms with E-state index in [9.17, 15) is 0 Å². The fourth-order valence-electron chi connectivity index (χ4n) is 2.53. The van der Waals surface area contributed by atoms with E-state index in [0.717, 1.165) is 26.2 Å². The molecule has 0 amide bonds. The van der Waals surface area contributed by atoms with E-state index in [4.69, 9.17) is 10.00 Å². The van der Waals surface area contributed by atoms with Crippen LogP contribution in [0.2, 0.25) is 0 Å². The molecule has 1 aromatic carbocycles. The molecule has 1 fully saturated rings. The molecule has 2 rings (SSSR count). The Bertz CT molecular complexity index is 503. The number of hydrogen-bond acceptors (Lipinski definition) is 3. The van der Waals surface area contributed by atoms with Crippen LogP contribution in [-0.2, 0) is 11.3 Å². The van der Waals surface area contributed by atoms with Crippen LogP contribution in [0.3, 0.4) is 0 Å². The van der Waals surface area contributed by atoms with Crippen LogP contribution in [0.1, 0.15) is 37.8 Å². The Morgan fingerprint density at radius 3 is 2.71 bits per heavy atom. The quantitative estimate of drug-likeness (QED) is 0.750. The maximum absolute atomic E-state index is 8.86. The second-order valence-electron chi connectivity index (χ2n) is 5.92. The van der Waals surface area contributed by atoms with Crippen LogP contribution < -0.4 is 0 Å². The van der Waals surface area contributed by atoms with Gasteiger partial charge in [-0.15, -0.1) is 0 Å². The van der Waals surface area contributed by atoms with Gasteiger partial charge in [0.25, 0.3) is 0 Å². The minimum Gasteiger partial charge on any atom is -0.377 e. The lowest BCUT2D eigenvalue weighted by atomic mass is 10.1. The number of allylic oxidation sites excluding steroid dienone is 1. The number of ether oxygens (including phenoxy) is 1. The molecule has 1 unspecified atom stereocenters. The molecule has 1 aliphatic rings. The van der Waals surface area contributed by atoms with Gasteiger partial charge in [-0.1, -0.05) is 23.8 Å². The third-order valence-corrected chi connectivity index (χ3v) is 3.73. The molecule has 0 bridgehead atoms. The Morgan fingerprint density at radius 1 is 1.38 bits per heavy atom. The summed E-state index contributed by atoms with van der Waals surface area (Å²) in [5.74, 6) is 0. The zero-order chi connectivity index (χ0) is 15.1. The van der Waals surface area contributed by atoms with Crippen LogP contribution >= 0.6 is 0 Å². The predicted molar refractivity (Wildman–Crippen MR) is 84.8 cm³/mol. The van der Waals surface area contributed by atoms with Crippen molar-refractivity contribution in [2.24, 2.45) is 0 Å². The van der Waals surface area contributed by atoms with Crippen molar-refractivity contribution in [3.63, 3.8) is 0 Å². The highest BCUT2D eigenvalue weighted by molar-refractivity contribution is 5.31. The van der Waals surface area contributed by atoms with E-state index < -0.39 is 0 Å². The van der Waals surface area contributed by atoms with Gasteiger partial charge in [-0.3, -0.25) is 4.90 Å². The topological polar surface area (TPSA) is 36.3 Å². The largest absolute Gasteiger partial charge is 0.377 e. The fourth-order valence-corrected chi connectivity index (χ4v) is 2.53. The standard InChI is InChI=1S/C18H24N2O/c1-15(2)9-10-20(14-18-4-3-11-21-18)13-17-7-5-16(12-19)6-8-17/h5-9,18H,3-4,10-11,13-14H2,1-2H3. The van der Waals surface area contributed by atoms with Crippen molar-refractivity contribution in [3.05, 3.63) is 47.0 Å². The van der Waals surface area contributed by atoms with E-state index in [1.165, 1.54) is 24.0 Å². The lowest BCUT2D eigenvalue weighted by molar-refractivity contribution is 0.0746. The predicted octanol–water partition coefficient (Wildman–Crippen LogP) is 3.51. The summed E-state index contributed by atoms with van der Waals surface area (Å²) in [6, 6.07) is 10.0. The van der Waals surface area contributed by atoms with Crippen molar-refractivity contribution in [1.29, 1.82) is 5.26 Å². The van der Waals surface area contributed by atoms with Gasteiger partial charge in [0.2, 0.25) is 0 Å². The monoisotopic (exact) mass is 284 g/mol. The van der Waals surface area contributed by atoms with E-state index in [1.54, 1.807) is 0 Å². The molecule has 0 aliphatic carbocycles. The van der Waals surface area contributed by atoms with Crippen molar-refractivity contribution in [2.45, 2.75) is 39.3 Å². The maximum Gasteiger partial charge on any atom is 0.0991 e. The van der Waals surface area contributed by atoms with E-state index >= 15 is 0 Å². The molecule has 0 spiro atoms. The van der Waals surface area contributed by atoms with Crippen LogP contribution in [0.15, 0.2) is 35.9 Å². The normalized spacial score (nSPS) is 17.7. The Labute approximate surface area is 127 Å². The molecular formula is C18H24N2O. The molecule has 3 heteroatoms. The summed E-state index contributed by atoms with van der Waals surface area (Å²) in [7, 11) is 0. The van der Waals surface area contributed by atoms with Gasteiger partial charge in [-0.05, 0) is 44.4 Å². The zero-order valence-corrected chi connectivity index (χ0v) is 13.0. The molecular weight excluding hydrogens is 260 g/mol. The molecule has 1 aliphatic heterocycles. The molecule has 0 radical (unpaired) electrons. The highest BCUT2D eigenvalue weighted by atomic mass is 16.5. The summed E-state index contributed by atoms with van der Waals surface area (Å²) >= 11 is 0. The minimum absolute atomic E-state index is 0.369. The number of hydrogen-bond donors (Lipinski definition) is 0. The van der Waals surface area contributed by atoms with Crippen LogP contribution in [0, 0.1) is 11.3 Å². The third-order valence-electron chi connectivity index (χ3n) is 3.73. The van der Waals surface area contributed by atoms with Gasteiger partial charge in [-0.25, -0.2) is 0 Å². The van der Waals surface area contributed by atoms with Crippen molar-refractivity contribution in [1.82, 2.24) is 4.90 Å². The lowest BCUT2D eigenvalue weighted by Crippen LogP contribution is -2.32. The SMILES string of the molecule is CC(C)=CCN(Cc1ccc(C#N)cc1)CC1CCCO1. The Balaban J connectivity index is 1.99. The molecule has 1 heterocycles. The van der Waals surface area contributed by atoms with E-state index in [-0.39, 0.29) is 0 Å². The summed E-state index contributed by atoms with van der Waals surface area (Å²) < 4.78 is 5.76. The molecule has 1 saturated heterocycles. The van der Waals surface area contributed by atoms with E-state index in [1.807, 2.05) is 24.3 Å². The molecule has 3 nitrogen and oxygen atoms in total. The van der Waals surface area contributed by atoms with Crippen molar-refractivity contribution >= 4 is 0 Å². The van der Waals surface area contributed by atoms with Crippen molar-refractivity contribution < 1.29 is 4.74 Å². The molecule has 1 atom stereocenters. The van der Waals surface area contributed by atoms with Crippen LogP contribution in [0.5, 0.6) is 0 Å². The second-order valence-corrected chi connectivity index (χ2v) is 5.92. The summed E-state index contributed by atoms with van der Waals surface area (Å²) in [6.45, 7) is 7.98. The summed E-state index contributed by atoms with van der Waals surface area (Å²) in [6.07, 6.45) is 4.98. The average molecular weight is 284 g/mol. The Morgan fingerprint density at radius 2 is 2.14 bits per heavy atom. The van der Waals surface area contributed by atoms with E-state index in [0.29, 0.717) is 11.7 Å². The number of nitrogens with zero attached hydrogens (tertiary/aromatic N) is 2. The molecule has 0 aromatic heterocycles. The van der Waals surface area contributed by atoms with Crippen LogP contribution in [-0.4, -0.2) is 30.7 Å². The average Bonchev–Trinajstić information content (AvgIpc) is 2.98. The number of nitriles is 1.